The highest BCUT2D eigenvalue weighted by Crippen LogP contribution is 2.07. The van der Waals surface area contributed by atoms with Gasteiger partial charge in [-0.3, -0.25) is 4.84 Å². The van der Waals surface area contributed by atoms with E-state index < -0.39 is 0 Å². The van der Waals surface area contributed by atoms with Crippen LogP contribution in [0.1, 0.15) is 13.3 Å². The summed E-state index contributed by atoms with van der Waals surface area (Å²) in [4.78, 5) is 14.6. The van der Waals surface area contributed by atoms with Crippen LogP contribution < -0.4 is 0 Å². The molecule has 0 fully saturated rings. The van der Waals surface area contributed by atoms with Gasteiger partial charge in [-0.15, -0.1) is 5.11 Å². The van der Waals surface area contributed by atoms with Crippen LogP contribution in [0.2, 0.25) is 0 Å². The highest BCUT2D eigenvalue weighted by Gasteiger charge is 2.22. The van der Waals surface area contributed by atoms with Crippen molar-refractivity contribution in [2.75, 3.05) is 0 Å². The summed E-state index contributed by atoms with van der Waals surface area (Å²) in [6.07, 6.45) is 0.669. The van der Waals surface area contributed by atoms with Crippen LogP contribution >= 0.6 is 0 Å². The summed E-state index contributed by atoms with van der Waals surface area (Å²) in [5, 5.41) is 6.58. The van der Waals surface area contributed by atoms with Crippen molar-refractivity contribution in [1.29, 1.82) is 0 Å². The molecule has 4 heteroatoms. The summed E-state index contributed by atoms with van der Waals surface area (Å²) in [7, 11) is 0. The standard InChI is InChI=1S/C4H6N2O2/c1-2-3-4(7)8-6-5-3/h3H,2H2,1H3. The van der Waals surface area contributed by atoms with Crippen molar-refractivity contribution in [2.45, 2.75) is 19.4 Å². The Morgan fingerprint density at radius 3 is 2.88 bits per heavy atom. The Morgan fingerprint density at radius 2 is 2.62 bits per heavy atom. The van der Waals surface area contributed by atoms with E-state index in [1.807, 2.05) is 6.92 Å². The topological polar surface area (TPSA) is 51.0 Å². The lowest BCUT2D eigenvalue weighted by Gasteiger charge is -1.90. The van der Waals surface area contributed by atoms with Crippen molar-refractivity contribution in [3.05, 3.63) is 0 Å². The minimum atomic E-state index is -0.340. The lowest BCUT2D eigenvalue weighted by molar-refractivity contribution is -0.141. The van der Waals surface area contributed by atoms with Gasteiger partial charge in [0.2, 0.25) is 0 Å². The second kappa shape index (κ2) is 1.90. The minimum Gasteiger partial charge on any atom is -0.298 e. The lowest BCUT2D eigenvalue weighted by Crippen LogP contribution is -2.12. The van der Waals surface area contributed by atoms with Gasteiger partial charge >= 0.3 is 5.97 Å². The SMILES string of the molecule is CCC1N=NOC1=O. The molecule has 0 aliphatic carbocycles. The maximum Gasteiger partial charge on any atom is 0.363 e. The van der Waals surface area contributed by atoms with Gasteiger partial charge in [-0.2, -0.15) is 0 Å². The van der Waals surface area contributed by atoms with Gasteiger partial charge in [0.05, 0.1) is 0 Å². The summed E-state index contributed by atoms with van der Waals surface area (Å²) in [6, 6.07) is -0.338. The number of hydrogen-bond acceptors (Lipinski definition) is 4. The van der Waals surface area contributed by atoms with Crippen molar-refractivity contribution in [2.24, 2.45) is 10.4 Å². The van der Waals surface area contributed by atoms with Crippen LogP contribution in [0, 0.1) is 0 Å². The molecule has 0 saturated heterocycles. The first-order valence-corrected chi connectivity index (χ1v) is 2.45. The molecule has 0 aromatic carbocycles. The third kappa shape index (κ3) is 0.685. The molecule has 1 rings (SSSR count). The number of rotatable bonds is 1. The van der Waals surface area contributed by atoms with E-state index in [9.17, 15) is 4.79 Å². The van der Waals surface area contributed by atoms with E-state index in [0.29, 0.717) is 6.42 Å². The van der Waals surface area contributed by atoms with Gasteiger partial charge in [0.15, 0.2) is 6.04 Å². The zero-order valence-corrected chi connectivity index (χ0v) is 4.50. The molecule has 8 heavy (non-hydrogen) atoms. The van der Waals surface area contributed by atoms with Gasteiger partial charge in [0, 0.05) is 5.28 Å². The van der Waals surface area contributed by atoms with E-state index in [-0.39, 0.29) is 12.0 Å². The van der Waals surface area contributed by atoms with Gasteiger partial charge in [0.1, 0.15) is 0 Å². The van der Waals surface area contributed by atoms with E-state index in [1.54, 1.807) is 0 Å². The zero-order valence-electron chi connectivity index (χ0n) is 4.50. The molecule has 0 N–H and O–H groups in total. The smallest absolute Gasteiger partial charge is 0.298 e. The predicted octanol–water partition coefficient (Wildman–Crippen LogP) is 0.689. The van der Waals surface area contributed by atoms with Gasteiger partial charge in [-0.1, -0.05) is 6.92 Å². The van der Waals surface area contributed by atoms with Gasteiger partial charge in [-0.25, -0.2) is 4.79 Å². The maximum atomic E-state index is 10.4. The highest BCUT2D eigenvalue weighted by molar-refractivity contribution is 5.76. The Balaban J connectivity index is 2.53. The van der Waals surface area contributed by atoms with Crippen LogP contribution in [0.25, 0.3) is 0 Å². The van der Waals surface area contributed by atoms with Gasteiger partial charge in [0.25, 0.3) is 0 Å². The van der Waals surface area contributed by atoms with Crippen molar-refractivity contribution < 1.29 is 9.63 Å². The molecule has 1 aliphatic rings. The van der Waals surface area contributed by atoms with Crippen molar-refractivity contribution in [3.8, 4) is 0 Å². The molecule has 0 radical (unpaired) electrons. The van der Waals surface area contributed by atoms with Crippen LogP contribution in [-0.2, 0) is 9.63 Å². The minimum absolute atomic E-state index is 0.338. The quantitative estimate of drug-likeness (QED) is 0.503. The maximum absolute atomic E-state index is 10.4. The van der Waals surface area contributed by atoms with E-state index in [2.05, 4.69) is 15.2 Å². The average Bonchev–Trinajstić information content (AvgIpc) is 2.14. The van der Waals surface area contributed by atoms with Crippen LogP contribution in [0.15, 0.2) is 10.4 Å². The largest absolute Gasteiger partial charge is 0.363 e. The van der Waals surface area contributed by atoms with Crippen LogP contribution in [-0.4, -0.2) is 12.0 Å². The Kier molecular flexibility index (Phi) is 1.24. The third-order valence-electron chi connectivity index (χ3n) is 0.976. The monoisotopic (exact) mass is 114 g/mol. The molecule has 0 bridgehead atoms. The summed E-state index contributed by atoms with van der Waals surface area (Å²) in [6.45, 7) is 1.86. The molecule has 4 nitrogen and oxygen atoms in total. The fraction of sp³-hybridized carbons (Fsp3) is 0.750. The van der Waals surface area contributed by atoms with Gasteiger partial charge in [-0.05, 0) is 6.42 Å². The summed E-state index contributed by atoms with van der Waals surface area (Å²) >= 11 is 0. The first-order chi connectivity index (χ1) is 3.84. The van der Waals surface area contributed by atoms with Crippen molar-refractivity contribution in [3.63, 3.8) is 0 Å². The van der Waals surface area contributed by atoms with E-state index in [4.69, 9.17) is 0 Å². The normalized spacial score (nSPS) is 26.1. The molecule has 1 atom stereocenters. The molecule has 0 aromatic rings. The Labute approximate surface area is 46.5 Å². The van der Waals surface area contributed by atoms with E-state index >= 15 is 0 Å². The molecule has 1 aliphatic heterocycles. The molecule has 0 spiro atoms. The van der Waals surface area contributed by atoms with Crippen molar-refractivity contribution >= 4 is 5.97 Å². The second-order valence-electron chi connectivity index (χ2n) is 1.53. The number of carbonyl (C=O) groups is 1. The molecular weight excluding hydrogens is 108 g/mol. The molecule has 1 unspecified atom stereocenters. The summed E-state index contributed by atoms with van der Waals surface area (Å²) < 4.78 is 0. The molecule has 44 valence electrons. The number of nitrogens with zero attached hydrogens (tertiary/aromatic N) is 2. The molecule has 0 saturated carbocycles. The molecule has 1 heterocycles. The molecule has 0 aromatic heterocycles. The van der Waals surface area contributed by atoms with Crippen LogP contribution in [0.5, 0.6) is 0 Å². The third-order valence-corrected chi connectivity index (χ3v) is 0.976. The lowest BCUT2D eigenvalue weighted by atomic mass is 10.2. The van der Waals surface area contributed by atoms with Crippen LogP contribution in [0.4, 0.5) is 0 Å². The van der Waals surface area contributed by atoms with Gasteiger partial charge < -0.3 is 0 Å². The van der Waals surface area contributed by atoms with Crippen LogP contribution in [0.3, 0.4) is 0 Å². The van der Waals surface area contributed by atoms with E-state index in [1.165, 1.54) is 0 Å². The Hall–Kier alpha value is -0.930. The first kappa shape index (κ1) is 5.21. The second-order valence-corrected chi connectivity index (χ2v) is 1.53. The number of carbonyl (C=O) groups excluding carboxylic acids is 1. The Bertz CT molecular complexity index is 132. The number of hydrogen-bond donors (Lipinski definition) is 0. The fourth-order valence-electron chi connectivity index (χ4n) is 0.477. The fourth-order valence-corrected chi connectivity index (χ4v) is 0.477. The summed E-state index contributed by atoms with van der Waals surface area (Å²) in [5.74, 6) is -0.340. The molecule has 0 amide bonds. The summed E-state index contributed by atoms with van der Waals surface area (Å²) in [5.41, 5.74) is 0. The van der Waals surface area contributed by atoms with Crippen molar-refractivity contribution in [1.82, 2.24) is 0 Å². The Morgan fingerprint density at radius 1 is 1.88 bits per heavy atom. The average molecular weight is 114 g/mol. The van der Waals surface area contributed by atoms with E-state index in [0.717, 1.165) is 0 Å². The zero-order chi connectivity index (χ0) is 5.98. The predicted molar refractivity (Wildman–Crippen MR) is 25.0 cm³/mol. The highest BCUT2D eigenvalue weighted by atomic mass is 16.7. The first-order valence-electron chi connectivity index (χ1n) is 2.45. The molecular formula is C4H6N2O2.